The summed E-state index contributed by atoms with van der Waals surface area (Å²) in [5.41, 5.74) is 2.84. The maximum Gasteiger partial charge on any atom is 0.122 e. The fraction of sp³-hybridized carbons (Fsp3) is 0.375. The number of rotatable bonds is 4. The smallest absolute Gasteiger partial charge is 0.122 e. The van der Waals surface area contributed by atoms with Crippen molar-refractivity contribution in [3.63, 3.8) is 0 Å². The van der Waals surface area contributed by atoms with Crippen LogP contribution < -0.4 is 10.1 Å². The third-order valence-electron chi connectivity index (χ3n) is 3.79. The van der Waals surface area contributed by atoms with E-state index in [1.165, 1.54) is 24.0 Å². The van der Waals surface area contributed by atoms with E-state index in [0.29, 0.717) is 12.6 Å². The number of aryl methyl sites for hydroxylation is 1. The highest BCUT2D eigenvalue weighted by atomic mass is 35.5. The molecular formula is C16H18ClNOS. The van der Waals surface area contributed by atoms with Gasteiger partial charge in [0.25, 0.3) is 0 Å². The number of halogens is 1. The van der Waals surface area contributed by atoms with Crippen LogP contribution >= 0.6 is 22.9 Å². The quantitative estimate of drug-likeness (QED) is 0.893. The molecule has 20 heavy (non-hydrogen) atoms. The Balaban J connectivity index is 1.72. The Labute approximate surface area is 128 Å². The van der Waals surface area contributed by atoms with Crippen molar-refractivity contribution in [3.05, 3.63) is 50.7 Å². The lowest BCUT2D eigenvalue weighted by atomic mass is 9.87. The standard InChI is InChI=1S/C16H18ClNOS/c1-18-15-4-2-3-11-9-12(5-7-14(11)15)19-10-13-6-8-16(17)20-13/h5-9,15,18H,2-4,10H2,1H3. The van der Waals surface area contributed by atoms with Gasteiger partial charge in [0, 0.05) is 10.9 Å². The first-order valence-electron chi connectivity index (χ1n) is 6.93. The molecule has 2 aromatic rings. The van der Waals surface area contributed by atoms with Gasteiger partial charge in [-0.05, 0) is 61.7 Å². The van der Waals surface area contributed by atoms with Gasteiger partial charge < -0.3 is 10.1 Å². The highest BCUT2D eigenvalue weighted by Gasteiger charge is 2.18. The van der Waals surface area contributed by atoms with Crippen LogP contribution in [0.4, 0.5) is 0 Å². The van der Waals surface area contributed by atoms with Gasteiger partial charge in [-0.25, -0.2) is 0 Å². The van der Waals surface area contributed by atoms with E-state index >= 15 is 0 Å². The predicted molar refractivity (Wildman–Crippen MR) is 84.8 cm³/mol. The lowest BCUT2D eigenvalue weighted by Gasteiger charge is -2.25. The molecule has 0 bridgehead atoms. The predicted octanol–water partition coefficient (Wildman–Crippen LogP) is 4.58. The number of hydrogen-bond acceptors (Lipinski definition) is 3. The van der Waals surface area contributed by atoms with Crippen molar-refractivity contribution in [1.82, 2.24) is 5.32 Å². The fourth-order valence-corrected chi connectivity index (χ4v) is 3.76. The molecule has 1 aliphatic carbocycles. The van der Waals surface area contributed by atoms with Crippen molar-refractivity contribution in [3.8, 4) is 5.75 Å². The molecule has 3 rings (SSSR count). The molecule has 0 fully saturated rings. The third kappa shape index (κ3) is 3.00. The number of nitrogens with one attached hydrogen (secondary N) is 1. The molecule has 1 atom stereocenters. The van der Waals surface area contributed by atoms with E-state index in [2.05, 4.69) is 23.5 Å². The Morgan fingerprint density at radius 1 is 1.35 bits per heavy atom. The Kier molecular flexibility index (Phi) is 4.29. The topological polar surface area (TPSA) is 21.3 Å². The van der Waals surface area contributed by atoms with E-state index < -0.39 is 0 Å². The monoisotopic (exact) mass is 307 g/mol. The van der Waals surface area contributed by atoms with Gasteiger partial charge in [0.1, 0.15) is 12.4 Å². The zero-order chi connectivity index (χ0) is 13.9. The maximum atomic E-state index is 5.93. The Morgan fingerprint density at radius 3 is 3.00 bits per heavy atom. The van der Waals surface area contributed by atoms with E-state index in [0.717, 1.165) is 21.4 Å². The Hall–Kier alpha value is -1.03. The average molecular weight is 308 g/mol. The summed E-state index contributed by atoms with van der Waals surface area (Å²) in [5.74, 6) is 0.949. The zero-order valence-corrected chi connectivity index (χ0v) is 13.1. The van der Waals surface area contributed by atoms with Gasteiger partial charge in [0.15, 0.2) is 0 Å². The lowest BCUT2D eigenvalue weighted by Crippen LogP contribution is -2.21. The van der Waals surface area contributed by atoms with E-state index in [9.17, 15) is 0 Å². The van der Waals surface area contributed by atoms with Crippen molar-refractivity contribution in [2.24, 2.45) is 0 Å². The van der Waals surface area contributed by atoms with Crippen molar-refractivity contribution in [1.29, 1.82) is 0 Å². The molecule has 1 unspecified atom stereocenters. The van der Waals surface area contributed by atoms with E-state index in [-0.39, 0.29) is 0 Å². The minimum absolute atomic E-state index is 0.490. The molecule has 1 heterocycles. The van der Waals surface area contributed by atoms with Gasteiger partial charge in [0.05, 0.1) is 4.34 Å². The summed E-state index contributed by atoms with van der Waals surface area (Å²) >= 11 is 7.50. The summed E-state index contributed by atoms with van der Waals surface area (Å²) in [7, 11) is 2.03. The normalized spacial score (nSPS) is 17.8. The van der Waals surface area contributed by atoms with E-state index in [4.69, 9.17) is 16.3 Å². The first kappa shape index (κ1) is 13.9. The SMILES string of the molecule is CNC1CCCc2cc(OCc3ccc(Cl)s3)ccc21. The van der Waals surface area contributed by atoms with Gasteiger partial charge >= 0.3 is 0 Å². The van der Waals surface area contributed by atoms with Crippen LogP contribution in [-0.2, 0) is 13.0 Å². The number of benzene rings is 1. The first-order chi connectivity index (χ1) is 9.76. The Bertz CT molecular complexity index is 596. The molecule has 1 aliphatic rings. The molecule has 1 aromatic carbocycles. The van der Waals surface area contributed by atoms with Crippen LogP contribution in [0.15, 0.2) is 30.3 Å². The number of fused-ring (bicyclic) bond motifs is 1. The summed E-state index contributed by atoms with van der Waals surface area (Å²) in [6.45, 7) is 0.589. The van der Waals surface area contributed by atoms with Crippen molar-refractivity contribution >= 4 is 22.9 Å². The van der Waals surface area contributed by atoms with Crippen LogP contribution in [-0.4, -0.2) is 7.05 Å². The molecule has 0 amide bonds. The summed E-state index contributed by atoms with van der Waals surface area (Å²) in [5, 5.41) is 3.39. The second-order valence-electron chi connectivity index (χ2n) is 5.09. The van der Waals surface area contributed by atoms with Crippen molar-refractivity contribution in [2.75, 3.05) is 7.05 Å². The zero-order valence-electron chi connectivity index (χ0n) is 11.5. The van der Waals surface area contributed by atoms with Gasteiger partial charge in [0.2, 0.25) is 0 Å². The molecule has 0 spiro atoms. The second kappa shape index (κ2) is 6.17. The molecule has 2 nitrogen and oxygen atoms in total. The van der Waals surface area contributed by atoms with Crippen LogP contribution in [0.25, 0.3) is 0 Å². The summed E-state index contributed by atoms with van der Waals surface area (Å²) < 4.78 is 6.68. The van der Waals surface area contributed by atoms with E-state index in [1.54, 1.807) is 11.3 Å². The summed E-state index contributed by atoms with van der Waals surface area (Å²) in [6.07, 6.45) is 3.61. The van der Waals surface area contributed by atoms with Gasteiger partial charge in [-0.2, -0.15) is 0 Å². The van der Waals surface area contributed by atoms with Crippen molar-refractivity contribution < 1.29 is 4.74 Å². The van der Waals surface area contributed by atoms with E-state index in [1.807, 2.05) is 19.2 Å². The molecule has 0 saturated heterocycles. The van der Waals surface area contributed by atoms with Gasteiger partial charge in [-0.3, -0.25) is 0 Å². The molecule has 0 saturated carbocycles. The number of ether oxygens (including phenoxy) is 1. The molecular weight excluding hydrogens is 290 g/mol. The molecule has 0 aliphatic heterocycles. The second-order valence-corrected chi connectivity index (χ2v) is 6.89. The Morgan fingerprint density at radius 2 is 2.25 bits per heavy atom. The highest BCUT2D eigenvalue weighted by Crippen LogP contribution is 2.32. The minimum atomic E-state index is 0.490. The number of thiophene rings is 1. The first-order valence-corrected chi connectivity index (χ1v) is 8.13. The van der Waals surface area contributed by atoms with Crippen LogP contribution in [0.5, 0.6) is 5.75 Å². The van der Waals surface area contributed by atoms with Crippen molar-refractivity contribution in [2.45, 2.75) is 31.9 Å². The highest BCUT2D eigenvalue weighted by molar-refractivity contribution is 7.16. The minimum Gasteiger partial charge on any atom is -0.488 e. The fourth-order valence-electron chi connectivity index (χ4n) is 2.76. The largest absolute Gasteiger partial charge is 0.488 e. The number of hydrogen-bond donors (Lipinski definition) is 1. The maximum absolute atomic E-state index is 5.93. The van der Waals surface area contributed by atoms with Crippen LogP contribution in [0, 0.1) is 0 Å². The van der Waals surface area contributed by atoms with Gasteiger partial charge in [-0.15, -0.1) is 11.3 Å². The third-order valence-corrected chi connectivity index (χ3v) is 4.99. The summed E-state index contributed by atoms with van der Waals surface area (Å²) in [4.78, 5) is 1.15. The van der Waals surface area contributed by atoms with Crippen LogP contribution in [0.2, 0.25) is 4.34 Å². The molecule has 1 N–H and O–H groups in total. The lowest BCUT2D eigenvalue weighted by molar-refractivity contribution is 0.309. The van der Waals surface area contributed by atoms with Crippen LogP contribution in [0.3, 0.4) is 0 Å². The van der Waals surface area contributed by atoms with Crippen LogP contribution in [0.1, 0.15) is 34.9 Å². The average Bonchev–Trinajstić information content (AvgIpc) is 2.89. The molecule has 106 valence electrons. The van der Waals surface area contributed by atoms with Gasteiger partial charge in [-0.1, -0.05) is 17.7 Å². The molecule has 0 radical (unpaired) electrons. The molecule has 1 aromatic heterocycles. The summed E-state index contributed by atoms with van der Waals surface area (Å²) in [6, 6.07) is 10.9. The molecule has 4 heteroatoms.